The van der Waals surface area contributed by atoms with Crippen LogP contribution in [0, 0.1) is 0 Å². The van der Waals surface area contributed by atoms with Crippen LogP contribution < -0.4 is 25.6 Å². The number of ether oxygens (including phenoxy) is 2. The van der Waals surface area contributed by atoms with Gasteiger partial charge in [0.05, 0.1) is 59.7 Å². The number of alkyl halides is 1. The quantitative estimate of drug-likeness (QED) is 0.182. The van der Waals surface area contributed by atoms with Crippen molar-refractivity contribution in [2.24, 2.45) is 7.05 Å². The highest BCUT2D eigenvalue weighted by Crippen LogP contribution is 2.43. The van der Waals surface area contributed by atoms with Gasteiger partial charge in [0.15, 0.2) is 0 Å². The van der Waals surface area contributed by atoms with Crippen molar-refractivity contribution in [2.45, 2.75) is 18.6 Å². The third-order valence-electron chi connectivity index (χ3n) is 9.09. The van der Waals surface area contributed by atoms with Gasteiger partial charge in [0, 0.05) is 80.4 Å². The fourth-order valence-electron chi connectivity index (χ4n) is 6.75. The van der Waals surface area contributed by atoms with Gasteiger partial charge >= 0.3 is 0 Å². The van der Waals surface area contributed by atoms with Crippen molar-refractivity contribution >= 4 is 68.2 Å². The normalized spacial score (nSPS) is 18.7. The summed E-state index contributed by atoms with van der Waals surface area (Å²) in [6.45, 7) is 7.17. The van der Waals surface area contributed by atoms with Crippen molar-refractivity contribution in [3.8, 4) is 16.9 Å². The number of anilines is 5. The molecule has 5 aromatic rings. The third-order valence-corrected chi connectivity index (χ3v) is 11.2. The van der Waals surface area contributed by atoms with E-state index in [1.807, 2.05) is 37.5 Å². The van der Waals surface area contributed by atoms with Crippen LogP contribution in [0.2, 0.25) is 0 Å². The number of morpholine rings is 1. The Hall–Kier alpha value is -4.17. The van der Waals surface area contributed by atoms with Gasteiger partial charge in [0.1, 0.15) is 30.4 Å². The summed E-state index contributed by atoms with van der Waals surface area (Å²) in [7, 11) is 0.674. The van der Waals surface area contributed by atoms with Crippen LogP contribution in [-0.4, -0.2) is 107 Å². The van der Waals surface area contributed by atoms with E-state index in [0.29, 0.717) is 75.9 Å². The number of nitrogens with zero attached hydrogens (tertiary/aromatic N) is 8. The standard InChI is InChI=1S/C34H39BrFN10O3P/c1-44-19-21(17-40-44)22-15-27(30(48-2)16-29(22)46-10-7-28(24(36)20-46)45-11-13-49-14-12-45)42-34-39-18-23(35)33(43-34)41-26-6-5-25-31(38-9-8-37-25)32(26)50(3,4)47/h5-6,8-9,15-19,24,28H,7,10-14,20H2,1-4H3,(H2,39,41,42,43). The zero-order chi connectivity index (χ0) is 35.0. The molecule has 0 bridgehead atoms. The molecule has 5 heterocycles. The molecule has 0 spiro atoms. The first-order valence-corrected chi connectivity index (χ1v) is 19.8. The molecule has 262 valence electrons. The molecule has 0 radical (unpaired) electrons. The van der Waals surface area contributed by atoms with Gasteiger partial charge in [-0.2, -0.15) is 10.1 Å². The molecule has 0 aliphatic carbocycles. The summed E-state index contributed by atoms with van der Waals surface area (Å²) in [5, 5.41) is 11.7. The monoisotopic (exact) mass is 764 g/mol. The number of fused-ring (bicyclic) bond motifs is 1. The Labute approximate surface area is 298 Å². The molecule has 2 saturated heterocycles. The lowest BCUT2D eigenvalue weighted by atomic mass is 9.97. The topological polar surface area (TPSA) is 135 Å². The van der Waals surface area contributed by atoms with Gasteiger partial charge in [-0.1, -0.05) is 0 Å². The second-order valence-corrected chi connectivity index (χ2v) is 16.8. The van der Waals surface area contributed by atoms with Crippen LogP contribution in [0.5, 0.6) is 5.75 Å². The van der Waals surface area contributed by atoms with Crippen molar-refractivity contribution in [2.75, 3.05) is 75.4 Å². The van der Waals surface area contributed by atoms with Crippen molar-refractivity contribution in [1.29, 1.82) is 0 Å². The zero-order valence-electron chi connectivity index (χ0n) is 28.3. The highest BCUT2D eigenvalue weighted by Gasteiger charge is 2.35. The van der Waals surface area contributed by atoms with E-state index in [2.05, 4.69) is 56.4 Å². The SMILES string of the molecule is COc1cc(N2CCC(N3CCOCC3)C(F)C2)c(-c2cnn(C)c2)cc1Nc1ncc(Br)c(Nc2ccc3nccnc3c2P(C)(C)=O)n1. The maximum atomic E-state index is 15.8. The summed E-state index contributed by atoms with van der Waals surface area (Å²) in [5.74, 6) is 1.31. The smallest absolute Gasteiger partial charge is 0.229 e. The number of rotatable bonds is 9. The fourth-order valence-corrected chi connectivity index (χ4v) is 8.43. The minimum Gasteiger partial charge on any atom is -0.494 e. The van der Waals surface area contributed by atoms with Crippen molar-refractivity contribution in [3.63, 3.8) is 0 Å². The summed E-state index contributed by atoms with van der Waals surface area (Å²) in [6, 6.07) is 7.45. The molecule has 13 nitrogen and oxygen atoms in total. The molecule has 0 saturated carbocycles. The van der Waals surface area contributed by atoms with E-state index in [4.69, 9.17) is 14.5 Å². The Morgan fingerprint density at radius 2 is 1.84 bits per heavy atom. The van der Waals surface area contributed by atoms with Crippen molar-refractivity contribution < 1.29 is 18.4 Å². The summed E-state index contributed by atoms with van der Waals surface area (Å²) >= 11 is 3.57. The maximum Gasteiger partial charge on any atom is 0.229 e. The van der Waals surface area contributed by atoms with E-state index in [-0.39, 0.29) is 12.6 Å². The van der Waals surface area contributed by atoms with Crippen LogP contribution in [-0.2, 0) is 16.3 Å². The Balaban J connectivity index is 1.21. The summed E-state index contributed by atoms with van der Waals surface area (Å²) in [5.41, 5.74) is 5.08. The van der Waals surface area contributed by atoms with E-state index in [9.17, 15) is 4.57 Å². The highest BCUT2D eigenvalue weighted by atomic mass is 79.9. The van der Waals surface area contributed by atoms with E-state index in [1.165, 1.54) is 0 Å². The van der Waals surface area contributed by atoms with Crippen LogP contribution in [0.25, 0.3) is 22.2 Å². The van der Waals surface area contributed by atoms with Crippen LogP contribution >= 0.6 is 23.1 Å². The van der Waals surface area contributed by atoms with Crippen LogP contribution in [0.15, 0.2) is 59.7 Å². The number of hydrogen-bond acceptors (Lipinski definition) is 12. The summed E-state index contributed by atoms with van der Waals surface area (Å²) in [4.78, 5) is 22.5. The predicted molar refractivity (Wildman–Crippen MR) is 198 cm³/mol. The molecule has 2 fully saturated rings. The Kier molecular flexibility index (Phi) is 9.75. The van der Waals surface area contributed by atoms with Gasteiger partial charge < -0.3 is 29.6 Å². The number of benzene rings is 2. The molecule has 2 atom stereocenters. The molecule has 2 aliphatic rings. The largest absolute Gasteiger partial charge is 0.494 e. The summed E-state index contributed by atoms with van der Waals surface area (Å²) in [6.07, 6.45) is 8.27. The predicted octanol–water partition coefficient (Wildman–Crippen LogP) is 5.58. The van der Waals surface area contributed by atoms with Crippen molar-refractivity contribution in [3.05, 3.63) is 59.7 Å². The average Bonchev–Trinajstić information content (AvgIpc) is 3.55. The number of nitrogens with one attached hydrogen (secondary N) is 2. The molecular weight excluding hydrogens is 726 g/mol. The molecule has 3 aromatic heterocycles. The van der Waals surface area contributed by atoms with Gasteiger partial charge in [-0.3, -0.25) is 19.5 Å². The number of halogens is 2. The van der Waals surface area contributed by atoms with E-state index < -0.39 is 13.3 Å². The van der Waals surface area contributed by atoms with Gasteiger partial charge in [-0.15, -0.1) is 0 Å². The fraction of sp³-hybridized carbons (Fsp3) is 0.382. The van der Waals surface area contributed by atoms with E-state index >= 15 is 4.39 Å². The molecule has 2 aliphatic heterocycles. The molecule has 7 rings (SSSR count). The average molecular weight is 766 g/mol. The highest BCUT2D eigenvalue weighted by molar-refractivity contribution is 9.10. The number of hydrogen-bond donors (Lipinski definition) is 2. The maximum absolute atomic E-state index is 15.8. The first-order chi connectivity index (χ1) is 24.1. The van der Waals surface area contributed by atoms with Crippen molar-refractivity contribution in [1.82, 2.24) is 34.6 Å². The van der Waals surface area contributed by atoms with Crippen LogP contribution in [0.3, 0.4) is 0 Å². The van der Waals surface area contributed by atoms with Crippen LogP contribution in [0.4, 0.5) is 33.2 Å². The van der Waals surface area contributed by atoms with Gasteiger partial charge in [0.2, 0.25) is 5.95 Å². The van der Waals surface area contributed by atoms with E-state index in [1.54, 1.807) is 49.9 Å². The second kappa shape index (κ2) is 14.2. The molecule has 2 aromatic carbocycles. The first kappa shape index (κ1) is 34.3. The minimum atomic E-state index is -2.79. The van der Waals surface area contributed by atoms with Gasteiger partial charge in [0.25, 0.3) is 0 Å². The minimum absolute atomic E-state index is 0.127. The third kappa shape index (κ3) is 7.05. The lowest BCUT2D eigenvalue weighted by molar-refractivity contribution is -0.00820. The van der Waals surface area contributed by atoms with Crippen LogP contribution in [0.1, 0.15) is 6.42 Å². The number of aryl methyl sites for hydroxylation is 1. The molecule has 2 N–H and O–H groups in total. The Morgan fingerprint density at radius 3 is 2.56 bits per heavy atom. The zero-order valence-corrected chi connectivity index (χ0v) is 30.8. The first-order valence-electron chi connectivity index (χ1n) is 16.4. The lowest BCUT2D eigenvalue weighted by Crippen LogP contribution is -2.55. The Bertz CT molecular complexity index is 2070. The molecule has 50 heavy (non-hydrogen) atoms. The number of piperidine rings is 1. The summed E-state index contributed by atoms with van der Waals surface area (Å²) < 4.78 is 43.0. The molecule has 16 heteroatoms. The lowest BCUT2D eigenvalue weighted by Gasteiger charge is -2.43. The Morgan fingerprint density at radius 1 is 1.04 bits per heavy atom. The van der Waals surface area contributed by atoms with Gasteiger partial charge in [-0.05, 0) is 53.9 Å². The van der Waals surface area contributed by atoms with E-state index in [0.717, 1.165) is 29.9 Å². The second-order valence-electron chi connectivity index (χ2n) is 12.8. The number of methoxy groups -OCH3 is 1. The molecule has 0 amide bonds. The number of aromatic nitrogens is 6. The molecular formula is C34H39BrFN10O3P. The van der Waals surface area contributed by atoms with Gasteiger partial charge in [-0.25, -0.2) is 9.37 Å². The molecule has 2 unspecified atom stereocenters.